The quantitative estimate of drug-likeness (QED) is 0.443. The Morgan fingerprint density at radius 2 is 2.04 bits per heavy atom. The van der Waals surface area contributed by atoms with Gasteiger partial charge < -0.3 is 15.1 Å². The van der Waals surface area contributed by atoms with E-state index >= 15 is 0 Å². The van der Waals surface area contributed by atoms with Crippen LogP contribution in [-0.2, 0) is 6.54 Å². The highest BCUT2D eigenvalue weighted by atomic mass is 127. The van der Waals surface area contributed by atoms with E-state index in [9.17, 15) is 0 Å². The molecule has 0 aromatic heterocycles. The second-order valence-corrected chi connectivity index (χ2v) is 6.31. The first-order valence-electron chi connectivity index (χ1n) is 8.35. The zero-order chi connectivity index (χ0) is 15.9. The van der Waals surface area contributed by atoms with Crippen LogP contribution >= 0.6 is 24.0 Å². The van der Waals surface area contributed by atoms with Gasteiger partial charge >= 0.3 is 0 Å². The van der Waals surface area contributed by atoms with Crippen molar-refractivity contribution in [3.8, 4) is 0 Å². The van der Waals surface area contributed by atoms with E-state index in [-0.39, 0.29) is 24.0 Å². The molecule has 0 amide bonds. The van der Waals surface area contributed by atoms with Crippen LogP contribution in [-0.4, -0.2) is 55.5 Å². The summed E-state index contributed by atoms with van der Waals surface area (Å²) in [6.45, 7) is 8.12. The minimum absolute atomic E-state index is 0. The van der Waals surface area contributed by atoms with Crippen molar-refractivity contribution in [2.45, 2.75) is 39.3 Å². The average molecular weight is 430 g/mol. The lowest BCUT2D eigenvalue weighted by atomic mass is 10.1. The summed E-state index contributed by atoms with van der Waals surface area (Å²) in [5, 5.41) is 3.41. The normalized spacial score (nSPS) is 18.6. The van der Waals surface area contributed by atoms with Crippen LogP contribution in [0.25, 0.3) is 0 Å². The molecule has 1 aliphatic heterocycles. The van der Waals surface area contributed by atoms with Crippen molar-refractivity contribution in [2.75, 3.05) is 33.7 Å². The molecular weight excluding hydrogens is 399 g/mol. The molecule has 1 aliphatic rings. The molecule has 0 saturated carbocycles. The molecule has 130 valence electrons. The molecule has 1 unspecified atom stereocenters. The fourth-order valence-corrected chi connectivity index (χ4v) is 2.91. The minimum Gasteiger partial charge on any atom is -0.357 e. The van der Waals surface area contributed by atoms with Gasteiger partial charge in [0.05, 0.1) is 6.54 Å². The second-order valence-electron chi connectivity index (χ2n) is 6.31. The van der Waals surface area contributed by atoms with Gasteiger partial charge in [-0.3, -0.25) is 4.99 Å². The first-order chi connectivity index (χ1) is 10.6. The Hall–Kier alpha value is -0.820. The Balaban J connectivity index is 0.00000264. The summed E-state index contributed by atoms with van der Waals surface area (Å²) in [5.41, 5.74) is 2.62. The summed E-state index contributed by atoms with van der Waals surface area (Å²) >= 11 is 0. The van der Waals surface area contributed by atoms with Crippen LogP contribution in [0.5, 0.6) is 0 Å². The van der Waals surface area contributed by atoms with Gasteiger partial charge in [0.25, 0.3) is 0 Å². The molecule has 5 heteroatoms. The molecule has 1 fully saturated rings. The Kier molecular flexibility index (Phi) is 8.91. The van der Waals surface area contributed by atoms with Gasteiger partial charge in [0.1, 0.15) is 0 Å². The number of aliphatic imine (C=N–C) groups is 1. The number of guanidine groups is 1. The maximum absolute atomic E-state index is 4.85. The number of aryl methyl sites for hydroxylation is 1. The minimum atomic E-state index is 0. The van der Waals surface area contributed by atoms with Crippen LogP contribution in [0.3, 0.4) is 0 Å². The number of hydrogen-bond donors (Lipinski definition) is 1. The molecule has 0 bridgehead atoms. The number of likely N-dealkylation sites (N-methyl/N-ethyl adjacent to an activating group) is 1. The lowest BCUT2D eigenvalue weighted by Crippen LogP contribution is -2.39. The van der Waals surface area contributed by atoms with E-state index in [2.05, 4.69) is 67.3 Å². The van der Waals surface area contributed by atoms with Gasteiger partial charge in [0, 0.05) is 26.2 Å². The van der Waals surface area contributed by atoms with E-state index in [0.29, 0.717) is 6.04 Å². The van der Waals surface area contributed by atoms with E-state index in [1.165, 1.54) is 30.5 Å². The van der Waals surface area contributed by atoms with Gasteiger partial charge in [-0.05, 0) is 45.8 Å². The molecule has 0 aliphatic carbocycles. The Morgan fingerprint density at radius 3 is 2.61 bits per heavy atom. The lowest BCUT2D eigenvalue weighted by Gasteiger charge is -2.24. The van der Waals surface area contributed by atoms with Crippen molar-refractivity contribution < 1.29 is 0 Å². The first-order valence-corrected chi connectivity index (χ1v) is 8.35. The molecule has 2 rings (SSSR count). The maximum atomic E-state index is 4.85. The van der Waals surface area contributed by atoms with Gasteiger partial charge in [-0.15, -0.1) is 24.0 Å². The Bertz CT molecular complexity index is 486. The number of nitrogens with zero attached hydrogens (tertiary/aromatic N) is 3. The molecule has 1 aromatic carbocycles. The summed E-state index contributed by atoms with van der Waals surface area (Å²) in [7, 11) is 4.32. The summed E-state index contributed by atoms with van der Waals surface area (Å²) in [4.78, 5) is 9.48. The highest BCUT2D eigenvalue weighted by Gasteiger charge is 2.20. The van der Waals surface area contributed by atoms with Crippen LogP contribution in [0.4, 0.5) is 0 Å². The lowest BCUT2D eigenvalue weighted by molar-refractivity contribution is 0.316. The zero-order valence-electron chi connectivity index (χ0n) is 14.9. The molecule has 23 heavy (non-hydrogen) atoms. The molecule has 0 spiro atoms. The SMILES string of the molecule is CCNC(=NCC1CCCN1C)N(C)Cc1ccc(C)cc1.I. The molecule has 1 atom stereocenters. The van der Waals surface area contributed by atoms with Gasteiger partial charge in [-0.1, -0.05) is 29.8 Å². The molecule has 1 N–H and O–H groups in total. The molecule has 1 aromatic rings. The number of likely N-dealkylation sites (tertiary alicyclic amines) is 1. The molecule has 0 radical (unpaired) electrons. The summed E-state index contributed by atoms with van der Waals surface area (Å²) in [5.74, 6) is 1.00. The number of nitrogens with one attached hydrogen (secondary N) is 1. The van der Waals surface area contributed by atoms with Crippen molar-refractivity contribution in [3.63, 3.8) is 0 Å². The Labute approximate surface area is 158 Å². The number of halogens is 1. The van der Waals surface area contributed by atoms with Crippen LogP contribution in [0.15, 0.2) is 29.3 Å². The van der Waals surface area contributed by atoms with E-state index in [0.717, 1.165) is 25.6 Å². The number of benzene rings is 1. The highest BCUT2D eigenvalue weighted by Crippen LogP contribution is 2.15. The third kappa shape index (κ3) is 6.30. The summed E-state index contributed by atoms with van der Waals surface area (Å²) in [6.07, 6.45) is 2.56. The van der Waals surface area contributed by atoms with Crippen LogP contribution < -0.4 is 5.32 Å². The fourth-order valence-electron chi connectivity index (χ4n) is 2.91. The van der Waals surface area contributed by atoms with E-state index in [1.807, 2.05) is 0 Å². The predicted octanol–water partition coefficient (Wildman–Crippen LogP) is 3.10. The molecule has 1 saturated heterocycles. The van der Waals surface area contributed by atoms with E-state index in [4.69, 9.17) is 4.99 Å². The third-order valence-electron chi connectivity index (χ3n) is 4.36. The first kappa shape index (κ1) is 20.2. The van der Waals surface area contributed by atoms with Crippen molar-refractivity contribution in [3.05, 3.63) is 35.4 Å². The van der Waals surface area contributed by atoms with Crippen LogP contribution in [0.1, 0.15) is 30.9 Å². The van der Waals surface area contributed by atoms with Gasteiger partial charge in [-0.2, -0.15) is 0 Å². The third-order valence-corrected chi connectivity index (χ3v) is 4.36. The molecule has 1 heterocycles. The average Bonchev–Trinajstić information content (AvgIpc) is 2.91. The number of rotatable bonds is 5. The Morgan fingerprint density at radius 1 is 1.35 bits per heavy atom. The summed E-state index contributed by atoms with van der Waals surface area (Å²) in [6, 6.07) is 9.32. The molecular formula is C18H31IN4. The zero-order valence-corrected chi connectivity index (χ0v) is 17.2. The largest absolute Gasteiger partial charge is 0.357 e. The van der Waals surface area contributed by atoms with Crippen molar-refractivity contribution in [1.82, 2.24) is 15.1 Å². The smallest absolute Gasteiger partial charge is 0.194 e. The standard InChI is InChI=1S/C18H30N4.HI/c1-5-19-18(20-13-17-7-6-12-21(17)3)22(4)14-16-10-8-15(2)9-11-16;/h8-11,17H,5-7,12-14H2,1-4H3,(H,19,20);1H. The topological polar surface area (TPSA) is 30.9 Å². The maximum Gasteiger partial charge on any atom is 0.194 e. The second kappa shape index (κ2) is 10.1. The van der Waals surface area contributed by atoms with Crippen molar-refractivity contribution in [2.24, 2.45) is 4.99 Å². The van der Waals surface area contributed by atoms with Crippen molar-refractivity contribution in [1.29, 1.82) is 0 Å². The van der Waals surface area contributed by atoms with E-state index < -0.39 is 0 Å². The van der Waals surface area contributed by atoms with Gasteiger partial charge in [0.2, 0.25) is 0 Å². The summed E-state index contributed by atoms with van der Waals surface area (Å²) < 4.78 is 0. The fraction of sp³-hybridized carbons (Fsp3) is 0.611. The van der Waals surface area contributed by atoms with Crippen LogP contribution in [0, 0.1) is 6.92 Å². The van der Waals surface area contributed by atoms with Gasteiger partial charge in [0.15, 0.2) is 5.96 Å². The van der Waals surface area contributed by atoms with Gasteiger partial charge in [-0.25, -0.2) is 0 Å². The monoisotopic (exact) mass is 430 g/mol. The number of hydrogen-bond acceptors (Lipinski definition) is 2. The van der Waals surface area contributed by atoms with E-state index in [1.54, 1.807) is 0 Å². The molecule has 4 nitrogen and oxygen atoms in total. The highest BCUT2D eigenvalue weighted by molar-refractivity contribution is 14.0. The van der Waals surface area contributed by atoms with Crippen molar-refractivity contribution >= 4 is 29.9 Å². The van der Waals surface area contributed by atoms with Crippen LogP contribution in [0.2, 0.25) is 0 Å². The predicted molar refractivity (Wildman–Crippen MR) is 110 cm³/mol.